The Morgan fingerprint density at radius 2 is 2.40 bits per heavy atom. The highest BCUT2D eigenvalue weighted by Gasteiger charge is 1.96. The van der Waals surface area contributed by atoms with E-state index in [-0.39, 0.29) is 0 Å². The highest BCUT2D eigenvalue weighted by Crippen LogP contribution is 1.89. The van der Waals surface area contributed by atoms with E-state index in [1.807, 2.05) is 6.08 Å². The molecule has 10 heavy (non-hydrogen) atoms. The van der Waals surface area contributed by atoms with E-state index in [9.17, 15) is 0 Å². The SMILES string of the molecule is C=CCNC(C)CCOC. The van der Waals surface area contributed by atoms with Crippen LogP contribution >= 0.6 is 0 Å². The van der Waals surface area contributed by atoms with Crippen molar-refractivity contribution < 1.29 is 4.74 Å². The van der Waals surface area contributed by atoms with Crippen LogP contribution in [0.25, 0.3) is 0 Å². The maximum absolute atomic E-state index is 4.93. The van der Waals surface area contributed by atoms with E-state index >= 15 is 0 Å². The molecule has 2 heteroatoms. The van der Waals surface area contributed by atoms with Crippen LogP contribution in [-0.4, -0.2) is 26.3 Å². The van der Waals surface area contributed by atoms with Gasteiger partial charge in [0.25, 0.3) is 0 Å². The highest BCUT2D eigenvalue weighted by atomic mass is 16.5. The van der Waals surface area contributed by atoms with Crippen LogP contribution < -0.4 is 5.32 Å². The van der Waals surface area contributed by atoms with Gasteiger partial charge in [-0.1, -0.05) is 6.08 Å². The van der Waals surface area contributed by atoms with E-state index in [0.717, 1.165) is 19.6 Å². The van der Waals surface area contributed by atoms with Crippen molar-refractivity contribution in [1.29, 1.82) is 0 Å². The summed E-state index contributed by atoms with van der Waals surface area (Å²) in [6.45, 7) is 7.47. The summed E-state index contributed by atoms with van der Waals surface area (Å²) in [6, 6.07) is 0.526. The summed E-state index contributed by atoms with van der Waals surface area (Å²) in [4.78, 5) is 0. The molecule has 0 aliphatic rings. The van der Waals surface area contributed by atoms with Crippen LogP contribution in [0.3, 0.4) is 0 Å². The van der Waals surface area contributed by atoms with Crippen LogP contribution in [0, 0.1) is 0 Å². The fourth-order valence-corrected chi connectivity index (χ4v) is 0.681. The normalized spacial score (nSPS) is 13.0. The zero-order valence-corrected chi connectivity index (χ0v) is 6.89. The summed E-state index contributed by atoms with van der Waals surface area (Å²) >= 11 is 0. The molecule has 0 aromatic rings. The van der Waals surface area contributed by atoms with Crippen LogP contribution in [0.1, 0.15) is 13.3 Å². The molecule has 0 saturated carbocycles. The summed E-state index contributed by atoms with van der Waals surface area (Å²) in [5, 5.41) is 3.27. The minimum absolute atomic E-state index is 0.526. The quantitative estimate of drug-likeness (QED) is 0.564. The molecule has 0 heterocycles. The Morgan fingerprint density at radius 1 is 1.70 bits per heavy atom. The largest absolute Gasteiger partial charge is 0.385 e. The van der Waals surface area contributed by atoms with Crippen LogP contribution in [0.15, 0.2) is 12.7 Å². The molecule has 0 aromatic carbocycles. The molecule has 0 saturated heterocycles. The van der Waals surface area contributed by atoms with Gasteiger partial charge < -0.3 is 10.1 Å². The van der Waals surface area contributed by atoms with Gasteiger partial charge in [0.2, 0.25) is 0 Å². The Morgan fingerprint density at radius 3 is 2.90 bits per heavy atom. The van der Waals surface area contributed by atoms with Gasteiger partial charge in [-0.25, -0.2) is 0 Å². The minimum atomic E-state index is 0.526. The summed E-state index contributed by atoms with van der Waals surface area (Å²) in [7, 11) is 1.72. The second kappa shape index (κ2) is 6.78. The Bertz CT molecular complexity index is 83.3. The van der Waals surface area contributed by atoms with E-state index in [2.05, 4.69) is 18.8 Å². The second-order valence-corrected chi connectivity index (χ2v) is 2.38. The lowest BCUT2D eigenvalue weighted by Crippen LogP contribution is -2.26. The zero-order chi connectivity index (χ0) is 7.82. The number of rotatable bonds is 6. The van der Waals surface area contributed by atoms with Crippen molar-refractivity contribution in [2.75, 3.05) is 20.3 Å². The maximum Gasteiger partial charge on any atom is 0.0476 e. The summed E-state index contributed by atoms with van der Waals surface area (Å²) in [6.07, 6.45) is 2.92. The van der Waals surface area contributed by atoms with Gasteiger partial charge in [0.1, 0.15) is 0 Å². The van der Waals surface area contributed by atoms with Gasteiger partial charge >= 0.3 is 0 Å². The molecule has 2 nitrogen and oxygen atoms in total. The molecule has 0 rings (SSSR count). The summed E-state index contributed by atoms with van der Waals surface area (Å²) in [5.41, 5.74) is 0. The zero-order valence-electron chi connectivity index (χ0n) is 6.89. The fourth-order valence-electron chi connectivity index (χ4n) is 0.681. The number of nitrogens with one attached hydrogen (secondary N) is 1. The van der Waals surface area contributed by atoms with Gasteiger partial charge in [0.05, 0.1) is 0 Å². The van der Waals surface area contributed by atoms with E-state index in [1.165, 1.54) is 0 Å². The topological polar surface area (TPSA) is 21.3 Å². The molecule has 0 aliphatic heterocycles. The van der Waals surface area contributed by atoms with Gasteiger partial charge in [-0.3, -0.25) is 0 Å². The van der Waals surface area contributed by atoms with Gasteiger partial charge in [-0.15, -0.1) is 6.58 Å². The van der Waals surface area contributed by atoms with Crippen LogP contribution in [-0.2, 0) is 4.74 Å². The first-order valence-corrected chi connectivity index (χ1v) is 3.64. The maximum atomic E-state index is 4.93. The summed E-state index contributed by atoms with van der Waals surface area (Å²) < 4.78 is 4.93. The lowest BCUT2D eigenvalue weighted by Gasteiger charge is -2.10. The molecule has 0 spiro atoms. The minimum Gasteiger partial charge on any atom is -0.385 e. The van der Waals surface area contributed by atoms with Crippen molar-refractivity contribution in [2.45, 2.75) is 19.4 Å². The average Bonchev–Trinajstić information content (AvgIpc) is 1.97. The number of ether oxygens (including phenoxy) is 1. The van der Waals surface area contributed by atoms with Crippen molar-refractivity contribution in [1.82, 2.24) is 5.32 Å². The van der Waals surface area contributed by atoms with Crippen molar-refractivity contribution in [3.8, 4) is 0 Å². The van der Waals surface area contributed by atoms with E-state index in [1.54, 1.807) is 7.11 Å². The van der Waals surface area contributed by atoms with Gasteiger partial charge in [-0.05, 0) is 13.3 Å². The van der Waals surface area contributed by atoms with E-state index in [0.29, 0.717) is 6.04 Å². The fraction of sp³-hybridized carbons (Fsp3) is 0.750. The predicted octanol–water partition coefficient (Wildman–Crippen LogP) is 1.19. The first kappa shape index (κ1) is 9.66. The van der Waals surface area contributed by atoms with Crippen LogP contribution in [0.2, 0.25) is 0 Å². The van der Waals surface area contributed by atoms with Crippen LogP contribution in [0.5, 0.6) is 0 Å². The molecule has 60 valence electrons. The molecule has 0 aromatic heterocycles. The predicted molar refractivity (Wildman–Crippen MR) is 44.2 cm³/mol. The monoisotopic (exact) mass is 143 g/mol. The Balaban J connectivity index is 3.07. The number of methoxy groups -OCH3 is 1. The second-order valence-electron chi connectivity index (χ2n) is 2.38. The first-order valence-electron chi connectivity index (χ1n) is 3.64. The Hall–Kier alpha value is -0.340. The Kier molecular flexibility index (Phi) is 6.55. The molecule has 0 aliphatic carbocycles. The van der Waals surface area contributed by atoms with Crippen molar-refractivity contribution in [3.05, 3.63) is 12.7 Å². The third-order valence-electron chi connectivity index (χ3n) is 1.37. The summed E-state index contributed by atoms with van der Waals surface area (Å²) in [5.74, 6) is 0. The van der Waals surface area contributed by atoms with Gasteiger partial charge in [-0.2, -0.15) is 0 Å². The third kappa shape index (κ3) is 5.79. The lowest BCUT2D eigenvalue weighted by molar-refractivity contribution is 0.185. The van der Waals surface area contributed by atoms with Crippen molar-refractivity contribution in [3.63, 3.8) is 0 Å². The van der Waals surface area contributed by atoms with Gasteiger partial charge in [0.15, 0.2) is 0 Å². The van der Waals surface area contributed by atoms with Crippen LogP contribution in [0.4, 0.5) is 0 Å². The van der Waals surface area contributed by atoms with Gasteiger partial charge in [0, 0.05) is 26.3 Å². The van der Waals surface area contributed by atoms with E-state index < -0.39 is 0 Å². The van der Waals surface area contributed by atoms with E-state index in [4.69, 9.17) is 4.74 Å². The van der Waals surface area contributed by atoms with Crippen molar-refractivity contribution >= 4 is 0 Å². The molecular formula is C8H17NO. The Labute approximate surface area is 63.3 Å². The molecule has 0 fully saturated rings. The first-order chi connectivity index (χ1) is 4.81. The molecular weight excluding hydrogens is 126 g/mol. The smallest absolute Gasteiger partial charge is 0.0476 e. The molecule has 0 bridgehead atoms. The third-order valence-corrected chi connectivity index (χ3v) is 1.37. The molecule has 1 unspecified atom stereocenters. The number of hydrogen-bond acceptors (Lipinski definition) is 2. The van der Waals surface area contributed by atoms with Crippen molar-refractivity contribution in [2.24, 2.45) is 0 Å². The molecule has 0 radical (unpaired) electrons. The highest BCUT2D eigenvalue weighted by molar-refractivity contribution is 4.72. The molecule has 1 N–H and O–H groups in total. The molecule has 1 atom stereocenters. The lowest BCUT2D eigenvalue weighted by atomic mass is 10.2. The molecule has 0 amide bonds. The standard InChI is InChI=1S/C8H17NO/c1-4-6-9-8(2)5-7-10-3/h4,8-9H,1,5-7H2,2-3H3. The number of hydrogen-bond donors (Lipinski definition) is 1. The average molecular weight is 143 g/mol.